The molecular weight excluding hydrogens is 336 g/mol. The fourth-order valence-electron chi connectivity index (χ4n) is 2.37. The summed E-state index contributed by atoms with van der Waals surface area (Å²) in [4.78, 5) is 12.1. The number of oxazole rings is 1. The molecule has 6 nitrogen and oxygen atoms in total. The second kappa shape index (κ2) is 5.07. The van der Waals surface area contributed by atoms with Gasteiger partial charge in [-0.1, -0.05) is 6.92 Å². The number of nitrogens with two attached hydrogens (primary N) is 1. The van der Waals surface area contributed by atoms with E-state index in [0.717, 1.165) is 27.8 Å². The van der Waals surface area contributed by atoms with Gasteiger partial charge in [-0.3, -0.25) is 9.25 Å². The van der Waals surface area contributed by atoms with Gasteiger partial charge in [0.25, 0.3) is 0 Å². The molecule has 110 valence electrons. The van der Waals surface area contributed by atoms with Crippen LogP contribution >= 0.6 is 15.9 Å². The molecule has 0 radical (unpaired) electrons. The number of aryl methyl sites for hydroxylation is 2. The number of fused-ring (bicyclic) bond motifs is 1. The first kappa shape index (κ1) is 13.9. The summed E-state index contributed by atoms with van der Waals surface area (Å²) >= 11 is 3.56. The van der Waals surface area contributed by atoms with Crippen LogP contribution in [0.3, 0.4) is 0 Å². The van der Waals surface area contributed by atoms with E-state index in [1.54, 1.807) is 27.4 Å². The summed E-state index contributed by atoms with van der Waals surface area (Å²) in [6.45, 7) is 2.43. The van der Waals surface area contributed by atoms with Crippen molar-refractivity contribution in [2.45, 2.75) is 19.9 Å². The summed E-state index contributed by atoms with van der Waals surface area (Å²) in [6, 6.07) is 5.20. The highest BCUT2D eigenvalue weighted by atomic mass is 79.9. The predicted octanol–water partition coefficient (Wildman–Crippen LogP) is 2.28. The van der Waals surface area contributed by atoms with Crippen LogP contribution in [0.5, 0.6) is 0 Å². The number of nitrogen functional groups attached to an aromatic ring is 1. The van der Waals surface area contributed by atoms with E-state index < -0.39 is 5.76 Å². The molecule has 0 amide bonds. The molecule has 7 heteroatoms. The molecule has 0 saturated carbocycles. The average molecular weight is 351 g/mol. The Balaban J connectivity index is 2.12. The molecule has 0 unspecified atom stereocenters. The van der Waals surface area contributed by atoms with Gasteiger partial charge in [-0.15, -0.1) is 0 Å². The maximum absolute atomic E-state index is 12.1. The van der Waals surface area contributed by atoms with Crippen LogP contribution in [0.2, 0.25) is 0 Å². The summed E-state index contributed by atoms with van der Waals surface area (Å²) < 4.78 is 9.54. The van der Waals surface area contributed by atoms with Crippen LogP contribution in [0.1, 0.15) is 18.3 Å². The van der Waals surface area contributed by atoms with Gasteiger partial charge in [-0.05, 0) is 34.5 Å². The topological polar surface area (TPSA) is 79.0 Å². The van der Waals surface area contributed by atoms with Crippen molar-refractivity contribution in [2.24, 2.45) is 7.05 Å². The van der Waals surface area contributed by atoms with Gasteiger partial charge in [-0.25, -0.2) is 4.79 Å². The lowest BCUT2D eigenvalue weighted by Gasteiger charge is -2.04. The molecule has 0 aliphatic rings. The number of aromatic nitrogens is 3. The maximum atomic E-state index is 12.1. The van der Waals surface area contributed by atoms with E-state index in [1.165, 1.54) is 0 Å². The van der Waals surface area contributed by atoms with Crippen LogP contribution in [0, 0.1) is 0 Å². The van der Waals surface area contributed by atoms with E-state index in [4.69, 9.17) is 10.2 Å². The average Bonchev–Trinajstić information content (AvgIpc) is 2.89. The van der Waals surface area contributed by atoms with Gasteiger partial charge in [0.1, 0.15) is 0 Å². The Hall–Kier alpha value is -2.02. The molecule has 0 aliphatic heterocycles. The Kier molecular flexibility index (Phi) is 3.36. The molecule has 2 heterocycles. The number of benzene rings is 1. The van der Waals surface area contributed by atoms with Crippen molar-refractivity contribution in [1.29, 1.82) is 0 Å². The third kappa shape index (κ3) is 2.27. The fourth-order valence-corrected chi connectivity index (χ4v) is 3.12. The smallest absolute Gasteiger partial charge is 0.408 e. The number of rotatable bonds is 3. The van der Waals surface area contributed by atoms with Crippen molar-refractivity contribution in [3.8, 4) is 0 Å². The lowest BCUT2D eigenvalue weighted by Crippen LogP contribution is -2.17. The second-order valence-corrected chi connectivity index (χ2v) is 5.66. The molecule has 0 saturated heterocycles. The maximum Gasteiger partial charge on any atom is 0.420 e. The van der Waals surface area contributed by atoms with E-state index in [1.807, 2.05) is 14.0 Å². The minimum Gasteiger partial charge on any atom is -0.408 e. The molecule has 2 N–H and O–H groups in total. The van der Waals surface area contributed by atoms with Crippen molar-refractivity contribution >= 4 is 32.7 Å². The first-order valence-corrected chi connectivity index (χ1v) is 7.39. The van der Waals surface area contributed by atoms with Crippen LogP contribution in [0.15, 0.2) is 31.9 Å². The highest BCUT2D eigenvalue weighted by molar-refractivity contribution is 9.10. The summed E-state index contributed by atoms with van der Waals surface area (Å²) in [5.41, 5.74) is 9.39. The molecule has 0 bridgehead atoms. The van der Waals surface area contributed by atoms with Crippen molar-refractivity contribution < 1.29 is 4.42 Å². The number of anilines is 1. The first-order chi connectivity index (χ1) is 10.0. The van der Waals surface area contributed by atoms with Crippen LogP contribution in [-0.4, -0.2) is 14.3 Å². The van der Waals surface area contributed by atoms with Crippen LogP contribution in [0.4, 0.5) is 5.69 Å². The minimum absolute atomic E-state index is 0.389. The Morgan fingerprint density at radius 3 is 2.86 bits per heavy atom. The molecule has 3 rings (SSSR count). The van der Waals surface area contributed by atoms with Crippen molar-refractivity contribution in [3.05, 3.63) is 44.6 Å². The normalized spacial score (nSPS) is 11.4. The third-order valence-electron chi connectivity index (χ3n) is 3.50. The lowest BCUT2D eigenvalue weighted by atomic mass is 10.2. The van der Waals surface area contributed by atoms with E-state index in [-0.39, 0.29) is 0 Å². The Labute approximate surface area is 129 Å². The first-order valence-electron chi connectivity index (χ1n) is 6.60. The van der Waals surface area contributed by atoms with Gasteiger partial charge in [0.15, 0.2) is 5.58 Å². The molecular formula is C14H15BrN4O2. The summed E-state index contributed by atoms with van der Waals surface area (Å²) in [5.74, 6) is -0.401. The van der Waals surface area contributed by atoms with Crippen molar-refractivity contribution in [1.82, 2.24) is 14.3 Å². The van der Waals surface area contributed by atoms with E-state index >= 15 is 0 Å². The molecule has 1 aromatic carbocycles. The molecule has 21 heavy (non-hydrogen) atoms. The number of hydrogen-bond acceptors (Lipinski definition) is 4. The molecule has 2 aromatic heterocycles. The SMILES string of the molecule is CCc1nn(C)c(Cn2c(=O)oc3cc(N)ccc32)c1Br. The van der Waals surface area contributed by atoms with Gasteiger partial charge >= 0.3 is 5.76 Å². The predicted molar refractivity (Wildman–Crippen MR) is 84.3 cm³/mol. The van der Waals surface area contributed by atoms with E-state index in [0.29, 0.717) is 17.8 Å². The molecule has 0 fully saturated rings. The fraction of sp³-hybridized carbons (Fsp3) is 0.286. The highest BCUT2D eigenvalue weighted by Gasteiger charge is 2.16. The van der Waals surface area contributed by atoms with Crippen molar-refractivity contribution in [3.63, 3.8) is 0 Å². The third-order valence-corrected chi connectivity index (χ3v) is 4.42. The summed E-state index contributed by atoms with van der Waals surface area (Å²) in [6.07, 6.45) is 0.825. The van der Waals surface area contributed by atoms with Gasteiger partial charge in [-0.2, -0.15) is 5.10 Å². The zero-order valence-corrected chi connectivity index (χ0v) is 13.3. The van der Waals surface area contributed by atoms with Gasteiger partial charge < -0.3 is 10.2 Å². The quantitative estimate of drug-likeness (QED) is 0.735. The van der Waals surface area contributed by atoms with Gasteiger partial charge in [0, 0.05) is 18.8 Å². The second-order valence-electron chi connectivity index (χ2n) is 4.87. The lowest BCUT2D eigenvalue weighted by molar-refractivity contribution is 0.511. The van der Waals surface area contributed by atoms with Gasteiger partial charge in [0.05, 0.1) is 27.9 Å². The monoisotopic (exact) mass is 350 g/mol. The molecule has 0 atom stereocenters. The minimum atomic E-state index is -0.401. The highest BCUT2D eigenvalue weighted by Crippen LogP contribution is 2.24. The number of halogens is 1. The molecule has 0 aliphatic carbocycles. The Morgan fingerprint density at radius 2 is 2.19 bits per heavy atom. The van der Waals surface area contributed by atoms with Crippen LogP contribution in [-0.2, 0) is 20.0 Å². The zero-order chi connectivity index (χ0) is 15.1. The van der Waals surface area contributed by atoms with Crippen LogP contribution in [0.25, 0.3) is 11.1 Å². The zero-order valence-electron chi connectivity index (χ0n) is 11.8. The van der Waals surface area contributed by atoms with E-state index in [9.17, 15) is 4.79 Å². The largest absolute Gasteiger partial charge is 0.420 e. The molecule has 0 spiro atoms. The molecule has 3 aromatic rings. The van der Waals surface area contributed by atoms with Crippen LogP contribution < -0.4 is 11.5 Å². The van der Waals surface area contributed by atoms with Crippen molar-refractivity contribution in [2.75, 3.05) is 5.73 Å². The van der Waals surface area contributed by atoms with Gasteiger partial charge in [0.2, 0.25) is 0 Å². The Bertz CT molecular complexity index is 875. The summed E-state index contributed by atoms with van der Waals surface area (Å²) in [5, 5.41) is 4.44. The summed E-state index contributed by atoms with van der Waals surface area (Å²) in [7, 11) is 1.87. The Morgan fingerprint density at radius 1 is 1.43 bits per heavy atom. The number of hydrogen-bond donors (Lipinski definition) is 1. The standard InChI is InChI=1S/C14H15BrN4O2/c1-3-9-13(15)11(18(2)17-9)7-19-10-5-4-8(16)6-12(10)21-14(19)20/h4-6H,3,7,16H2,1-2H3. The van der Waals surface area contributed by atoms with E-state index in [2.05, 4.69) is 21.0 Å². The number of nitrogens with zero attached hydrogens (tertiary/aromatic N) is 3.